The lowest BCUT2D eigenvalue weighted by Gasteiger charge is -2.38. The van der Waals surface area contributed by atoms with Gasteiger partial charge in [-0.1, -0.05) is 25.7 Å². The van der Waals surface area contributed by atoms with Gasteiger partial charge in [0.15, 0.2) is 11.5 Å². The molecule has 1 saturated carbocycles. The number of aromatic nitrogens is 3. The molecule has 4 rings (SSSR count). The molecule has 1 aliphatic carbocycles. The highest BCUT2D eigenvalue weighted by atomic mass is 16.2. The largest absolute Gasteiger partial charge is 0.349 e. The number of rotatable bonds is 3. The minimum Gasteiger partial charge on any atom is -0.349 e. The van der Waals surface area contributed by atoms with Crippen LogP contribution in [-0.2, 0) is 4.79 Å². The van der Waals surface area contributed by atoms with Crippen LogP contribution in [0.25, 0.3) is 5.65 Å². The van der Waals surface area contributed by atoms with Crippen molar-refractivity contribution in [1.29, 1.82) is 0 Å². The van der Waals surface area contributed by atoms with Gasteiger partial charge < -0.3 is 10.2 Å². The van der Waals surface area contributed by atoms with Crippen molar-refractivity contribution >= 4 is 17.5 Å². The maximum absolute atomic E-state index is 12.9. The second-order valence-corrected chi connectivity index (χ2v) is 8.33. The van der Waals surface area contributed by atoms with Crippen LogP contribution in [0.4, 0.5) is 0 Å². The lowest BCUT2D eigenvalue weighted by molar-refractivity contribution is -0.131. The molecule has 0 radical (unpaired) electrons. The molecule has 8 heteroatoms. The number of hydrogen-bond acceptors (Lipinski definition) is 5. The first-order chi connectivity index (χ1) is 14.0. The average molecular weight is 399 g/mol. The molecule has 2 aromatic rings. The molecule has 2 fully saturated rings. The number of nitrogens with one attached hydrogen (secondary N) is 1. The van der Waals surface area contributed by atoms with Gasteiger partial charge in [-0.2, -0.15) is 0 Å². The summed E-state index contributed by atoms with van der Waals surface area (Å²) in [6.07, 6.45) is 8.82. The van der Waals surface area contributed by atoms with Crippen LogP contribution in [0.3, 0.4) is 0 Å². The molecule has 1 aliphatic heterocycles. The lowest BCUT2D eigenvalue weighted by Crippen LogP contribution is -2.48. The smallest absolute Gasteiger partial charge is 0.252 e. The molecule has 0 unspecified atom stereocenters. The fourth-order valence-electron chi connectivity index (χ4n) is 4.40. The number of nitrogens with zero attached hydrogens (tertiary/aromatic N) is 5. The molecule has 2 amide bonds. The molecule has 29 heavy (non-hydrogen) atoms. The first-order valence-electron chi connectivity index (χ1n) is 10.6. The van der Waals surface area contributed by atoms with Crippen LogP contribution in [-0.4, -0.2) is 68.9 Å². The number of fused-ring (bicyclic) bond motifs is 1. The van der Waals surface area contributed by atoms with E-state index in [2.05, 4.69) is 20.4 Å². The van der Waals surface area contributed by atoms with Gasteiger partial charge in [0.25, 0.3) is 5.91 Å². The highest BCUT2D eigenvalue weighted by Gasteiger charge is 2.30. The van der Waals surface area contributed by atoms with Crippen molar-refractivity contribution < 1.29 is 9.59 Å². The van der Waals surface area contributed by atoms with Crippen molar-refractivity contribution in [2.75, 3.05) is 26.7 Å². The van der Waals surface area contributed by atoms with E-state index in [4.69, 9.17) is 0 Å². The molecule has 1 saturated heterocycles. The summed E-state index contributed by atoms with van der Waals surface area (Å²) < 4.78 is 1.90. The summed E-state index contributed by atoms with van der Waals surface area (Å²) in [5.74, 6) is 0.791. The van der Waals surface area contributed by atoms with Gasteiger partial charge in [-0.05, 0) is 32.0 Å². The second kappa shape index (κ2) is 8.49. The summed E-state index contributed by atoms with van der Waals surface area (Å²) in [4.78, 5) is 28.7. The molecule has 0 spiro atoms. The quantitative estimate of drug-likeness (QED) is 0.800. The lowest BCUT2D eigenvalue weighted by atomic mass is 10.1. The molecule has 0 bridgehead atoms. The van der Waals surface area contributed by atoms with E-state index >= 15 is 0 Å². The summed E-state index contributed by atoms with van der Waals surface area (Å²) >= 11 is 0. The number of hydrogen-bond donors (Lipinski definition) is 1. The van der Waals surface area contributed by atoms with Crippen LogP contribution >= 0.6 is 0 Å². The minimum atomic E-state index is -0.0529. The highest BCUT2D eigenvalue weighted by Crippen LogP contribution is 2.24. The number of pyridine rings is 1. The van der Waals surface area contributed by atoms with Crippen LogP contribution in [0.15, 0.2) is 18.3 Å². The SMILES string of the molecule is CC(=O)N1CCN(C)[C@H](c2nnc3ccc(C(=O)NC4CCCCCC4)cn23)C1. The van der Waals surface area contributed by atoms with Gasteiger partial charge in [-0.25, -0.2) is 0 Å². The number of amides is 2. The number of carbonyl (C=O) groups is 2. The Hall–Kier alpha value is -2.48. The van der Waals surface area contributed by atoms with Crippen LogP contribution in [0, 0.1) is 0 Å². The highest BCUT2D eigenvalue weighted by molar-refractivity contribution is 5.94. The molecule has 2 aromatic heterocycles. The van der Waals surface area contributed by atoms with Gasteiger partial charge in [0, 0.05) is 38.8 Å². The van der Waals surface area contributed by atoms with Gasteiger partial charge in [-0.3, -0.25) is 18.9 Å². The van der Waals surface area contributed by atoms with Crippen molar-refractivity contribution in [2.45, 2.75) is 57.5 Å². The maximum atomic E-state index is 12.9. The zero-order valence-corrected chi connectivity index (χ0v) is 17.3. The maximum Gasteiger partial charge on any atom is 0.252 e. The van der Waals surface area contributed by atoms with E-state index < -0.39 is 0 Å². The first-order valence-corrected chi connectivity index (χ1v) is 10.6. The Labute approximate surface area is 171 Å². The molecule has 1 N–H and O–H groups in total. The molecule has 1 atom stereocenters. The Morgan fingerprint density at radius 1 is 1.07 bits per heavy atom. The third-order valence-electron chi connectivity index (χ3n) is 6.27. The van der Waals surface area contributed by atoms with E-state index in [0.29, 0.717) is 24.3 Å². The van der Waals surface area contributed by atoms with Gasteiger partial charge in [-0.15, -0.1) is 10.2 Å². The van der Waals surface area contributed by atoms with Crippen molar-refractivity contribution in [1.82, 2.24) is 29.7 Å². The Morgan fingerprint density at radius 3 is 2.55 bits per heavy atom. The van der Waals surface area contributed by atoms with E-state index in [-0.39, 0.29) is 23.9 Å². The number of piperazine rings is 1. The van der Waals surface area contributed by atoms with Gasteiger partial charge in [0.2, 0.25) is 5.91 Å². The molecule has 156 valence electrons. The van der Waals surface area contributed by atoms with E-state index in [1.54, 1.807) is 6.92 Å². The molecule has 2 aliphatic rings. The minimum absolute atomic E-state index is 0.0409. The molecule has 3 heterocycles. The third kappa shape index (κ3) is 4.27. The van der Waals surface area contributed by atoms with Crippen molar-refractivity contribution in [2.24, 2.45) is 0 Å². The van der Waals surface area contributed by atoms with Crippen molar-refractivity contribution in [3.8, 4) is 0 Å². The summed E-state index contributed by atoms with van der Waals surface area (Å²) in [5.41, 5.74) is 1.32. The summed E-state index contributed by atoms with van der Waals surface area (Å²) in [7, 11) is 2.03. The number of carbonyl (C=O) groups excluding carboxylic acids is 2. The van der Waals surface area contributed by atoms with Gasteiger partial charge >= 0.3 is 0 Å². The van der Waals surface area contributed by atoms with Gasteiger partial charge in [0.1, 0.15) is 0 Å². The fourth-order valence-corrected chi connectivity index (χ4v) is 4.40. The van der Waals surface area contributed by atoms with Crippen LogP contribution in [0.1, 0.15) is 67.7 Å². The Bertz CT molecular complexity index is 886. The van der Waals surface area contributed by atoms with E-state index in [1.807, 2.05) is 34.7 Å². The Kier molecular flexibility index (Phi) is 5.80. The zero-order valence-electron chi connectivity index (χ0n) is 17.3. The molecule has 0 aromatic carbocycles. The van der Waals surface area contributed by atoms with Crippen molar-refractivity contribution in [3.63, 3.8) is 0 Å². The van der Waals surface area contributed by atoms with Crippen LogP contribution < -0.4 is 5.32 Å². The van der Waals surface area contributed by atoms with E-state index in [9.17, 15) is 9.59 Å². The summed E-state index contributed by atoms with van der Waals surface area (Å²) in [5, 5.41) is 11.9. The summed E-state index contributed by atoms with van der Waals surface area (Å²) in [6, 6.07) is 3.86. The summed E-state index contributed by atoms with van der Waals surface area (Å²) in [6.45, 7) is 3.67. The normalized spacial score (nSPS) is 21.9. The molecule has 8 nitrogen and oxygen atoms in total. The molecular formula is C21H30N6O2. The van der Waals surface area contributed by atoms with E-state index in [1.165, 1.54) is 25.7 Å². The van der Waals surface area contributed by atoms with E-state index in [0.717, 1.165) is 25.2 Å². The van der Waals surface area contributed by atoms with Crippen LogP contribution in [0.5, 0.6) is 0 Å². The molecular weight excluding hydrogens is 368 g/mol. The zero-order chi connectivity index (χ0) is 20.4. The van der Waals surface area contributed by atoms with Gasteiger partial charge in [0.05, 0.1) is 11.6 Å². The van der Waals surface area contributed by atoms with Crippen molar-refractivity contribution in [3.05, 3.63) is 29.7 Å². The monoisotopic (exact) mass is 398 g/mol. The Balaban J connectivity index is 1.57. The standard InChI is InChI=1S/C21H30N6O2/c1-15(28)26-12-11-25(2)18(14-26)20-24-23-19-10-9-16(13-27(19)20)21(29)22-17-7-5-3-4-6-8-17/h9-10,13,17-18H,3-8,11-12,14H2,1-2H3,(H,22,29)/t18-/m0/s1. The second-order valence-electron chi connectivity index (χ2n) is 8.33. The predicted molar refractivity (Wildman–Crippen MR) is 110 cm³/mol. The fraction of sp³-hybridized carbons (Fsp3) is 0.619. The number of likely N-dealkylation sites (N-methyl/N-ethyl adjacent to an activating group) is 1. The Morgan fingerprint density at radius 2 is 1.83 bits per heavy atom. The average Bonchev–Trinajstić information content (AvgIpc) is 2.96. The first kappa shape index (κ1) is 19.8. The predicted octanol–water partition coefficient (Wildman–Crippen LogP) is 2.02. The topological polar surface area (TPSA) is 82.8 Å². The third-order valence-corrected chi connectivity index (χ3v) is 6.27. The van der Waals surface area contributed by atoms with Crippen LogP contribution in [0.2, 0.25) is 0 Å².